The lowest BCUT2D eigenvalue weighted by molar-refractivity contribution is 0.131. The number of hydrogen-bond donors (Lipinski definition) is 0. The third-order valence-electron chi connectivity index (χ3n) is 3.76. The quantitative estimate of drug-likeness (QED) is 0.574. The van der Waals surface area contributed by atoms with Crippen LogP contribution in [0.2, 0.25) is 0 Å². The van der Waals surface area contributed by atoms with Crippen LogP contribution in [0.25, 0.3) is 0 Å². The predicted octanol–water partition coefficient (Wildman–Crippen LogP) is 4.10. The van der Waals surface area contributed by atoms with E-state index in [4.69, 9.17) is 0 Å². The van der Waals surface area contributed by atoms with Crippen LogP contribution >= 0.6 is 0 Å². The van der Waals surface area contributed by atoms with Gasteiger partial charge in [0.25, 0.3) is 0 Å². The van der Waals surface area contributed by atoms with Gasteiger partial charge < -0.3 is 0 Å². The fraction of sp³-hybridized carbons (Fsp3) is 1.00. The highest BCUT2D eigenvalue weighted by molar-refractivity contribution is 4.78. The van der Waals surface area contributed by atoms with E-state index in [1.54, 1.807) is 0 Å². The van der Waals surface area contributed by atoms with Gasteiger partial charge in [0.05, 0.1) is 0 Å². The van der Waals surface area contributed by atoms with Gasteiger partial charge in [-0.3, -0.25) is 0 Å². The maximum Gasteiger partial charge on any atom is -0.0303 e. The molecule has 0 nitrogen and oxygen atoms in total. The lowest BCUT2D eigenvalue weighted by atomic mass is 9.69. The normalized spacial score (nSPS) is 18.0. The maximum atomic E-state index is 2.40. The first-order chi connectivity index (χ1) is 4.96. The van der Waals surface area contributed by atoms with Gasteiger partial charge in [-0.2, -0.15) is 0 Å². The van der Waals surface area contributed by atoms with Crippen LogP contribution in [0, 0.1) is 17.3 Å². The minimum Gasteiger partial charge on any atom is -0.0651 e. The lowest BCUT2D eigenvalue weighted by Crippen LogP contribution is -2.28. The van der Waals surface area contributed by atoms with Crippen molar-refractivity contribution in [3.8, 4) is 0 Å². The summed E-state index contributed by atoms with van der Waals surface area (Å²) in [6.45, 7) is 14.1. The van der Waals surface area contributed by atoms with Gasteiger partial charge in [-0.1, -0.05) is 54.4 Å². The Labute approximate surface area is 72.4 Å². The molecule has 68 valence electrons. The molecule has 0 aliphatic rings. The molecular formula is C11H24. The van der Waals surface area contributed by atoms with Crippen LogP contribution in [-0.2, 0) is 0 Å². The summed E-state index contributed by atoms with van der Waals surface area (Å²) in [5, 5.41) is 0. The first kappa shape index (κ1) is 11.0. The monoisotopic (exact) mass is 156 g/mol. The van der Waals surface area contributed by atoms with Gasteiger partial charge in [0.1, 0.15) is 0 Å². The molecule has 2 atom stereocenters. The Hall–Kier alpha value is 0. The van der Waals surface area contributed by atoms with Crippen molar-refractivity contribution in [2.75, 3.05) is 0 Å². The first-order valence-electron chi connectivity index (χ1n) is 4.96. The van der Waals surface area contributed by atoms with Gasteiger partial charge in [0, 0.05) is 0 Å². The zero-order chi connectivity index (χ0) is 9.07. The lowest BCUT2D eigenvalue weighted by Gasteiger charge is -2.37. The Morgan fingerprint density at radius 2 is 1.18 bits per heavy atom. The van der Waals surface area contributed by atoms with Crippen LogP contribution in [0.15, 0.2) is 0 Å². The summed E-state index contributed by atoms with van der Waals surface area (Å²) in [7, 11) is 0. The molecule has 0 heterocycles. The molecule has 0 aromatic carbocycles. The zero-order valence-electron chi connectivity index (χ0n) is 9.07. The van der Waals surface area contributed by atoms with Gasteiger partial charge in [-0.05, 0) is 17.3 Å². The Morgan fingerprint density at radius 3 is 1.36 bits per heavy atom. The smallest absolute Gasteiger partial charge is 0.0303 e. The Kier molecular flexibility index (Phi) is 4.13. The van der Waals surface area contributed by atoms with Crippen LogP contribution in [0.4, 0.5) is 0 Å². The second-order valence-corrected chi connectivity index (χ2v) is 4.44. The highest BCUT2D eigenvalue weighted by atomic mass is 14.3. The van der Waals surface area contributed by atoms with Gasteiger partial charge in [-0.25, -0.2) is 0 Å². The molecule has 0 saturated heterocycles. The van der Waals surface area contributed by atoms with Crippen LogP contribution in [0.1, 0.15) is 54.4 Å². The molecule has 0 bridgehead atoms. The summed E-state index contributed by atoms with van der Waals surface area (Å²) in [4.78, 5) is 0. The van der Waals surface area contributed by atoms with Gasteiger partial charge in [0.15, 0.2) is 0 Å². The number of hydrogen-bond acceptors (Lipinski definition) is 0. The van der Waals surface area contributed by atoms with Gasteiger partial charge >= 0.3 is 0 Å². The third kappa shape index (κ3) is 2.50. The van der Waals surface area contributed by atoms with Crippen LogP contribution in [0.5, 0.6) is 0 Å². The molecule has 0 aromatic heterocycles. The maximum absolute atomic E-state index is 2.40. The van der Waals surface area contributed by atoms with Gasteiger partial charge in [-0.15, -0.1) is 0 Å². The average molecular weight is 156 g/mol. The van der Waals surface area contributed by atoms with Crippen molar-refractivity contribution in [2.45, 2.75) is 54.4 Å². The van der Waals surface area contributed by atoms with E-state index in [0.29, 0.717) is 5.41 Å². The second kappa shape index (κ2) is 4.13. The molecule has 0 aliphatic carbocycles. The van der Waals surface area contributed by atoms with Crippen LogP contribution in [-0.4, -0.2) is 0 Å². The summed E-state index contributed by atoms with van der Waals surface area (Å²) in [6, 6.07) is 0. The fourth-order valence-corrected chi connectivity index (χ4v) is 1.54. The molecule has 0 amide bonds. The first-order valence-corrected chi connectivity index (χ1v) is 4.96. The van der Waals surface area contributed by atoms with E-state index in [1.165, 1.54) is 12.8 Å². The summed E-state index contributed by atoms with van der Waals surface area (Å²) < 4.78 is 0. The van der Waals surface area contributed by atoms with Crippen molar-refractivity contribution in [3.63, 3.8) is 0 Å². The minimum absolute atomic E-state index is 0.517. The third-order valence-corrected chi connectivity index (χ3v) is 3.76. The SMILES string of the molecule is CCC(C)C(C)(C)C(C)CC. The summed E-state index contributed by atoms with van der Waals surface area (Å²) in [6.07, 6.45) is 2.61. The van der Waals surface area contributed by atoms with Crippen molar-refractivity contribution >= 4 is 0 Å². The topological polar surface area (TPSA) is 0 Å². The standard InChI is InChI=1S/C11H24/c1-7-9(3)11(5,6)10(4)8-2/h9-10H,7-8H2,1-6H3. The van der Waals surface area contributed by atoms with E-state index in [2.05, 4.69) is 41.5 Å². The Morgan fingerprint density at radius 1 is 0.909 bits per heavy atom. The van der Waals surface area contributed by atoms with E-state index in [1.807, 2.05) is 0 Å². The van der Waals surface area contributed by atoms with Crippen LogP contribution in [0.3, 0.4) is 0 Å². The Bertz CT molecular complexity index is 90.6. The molecule has 0 aromatic rings. The molecule has 0 rings (SSSR count). The van der Waals surface area contributed by atoms with Crippen molar-refractivity contribution in [1.82, 2.24) is 0 Å². The van der Waals surface area contributed by atoms with E-state index >= 15 is 0 Å². The van der Waals surface area contributed by atoms with Crippen molar-refractivity contribution < 1.29 is 0 Å². The van der Waals surface area contributed by atoms with E-state index in [0.717, 1.165) is 11.8 Å². The van der Waals surface area contributed by atoms with E-state index in [9.17, 15) is 0 Å². The van der Waals surface area contributed by atoms with Crippen molar-refractivity contribution in [2.24, 2.45) is 17.3 Å². The van der Waals surface area contributed by atoms with Gasteiger partial charge in [0.2, 0.25) is 0 Å². The molecule has 0 spiro atoms. The molecule has 0 radical (unpaired) electrons. The van der Waals surface area contributed by atoms with Crippen LogP contribution < -0.4 is 0 Å². The molecule has 0 heteroatoms. The fourth-order valence-electron chi connectivity index (χ4n) is 1.54. The summed E-state index contributed by atoms with van der Waals surface area (Å²) in [5.74, 6) is 1.69. The largest absolute Gasteiger partial charge is 0.0651 e. The predicted molar refractivity (Wildman–Crippen MR) is 52.7 cm³/mol. The Balaban J connectivity index is 4.18. The number of rotatable bonds is 4. The molecule has 0 fully saturated rings. The minimum atomic E-state index is 0.517. The molecule has 0 aliphatic heterocycles. The summed E-state index contributed by atoms with van der Waals surface area (Å²) >= 11 is 0. The molecule has 0 saturated carbocycles. The highest BCUT2D eigenvalue weighted by Crippen LogP contribution is 2.38. The molecule has 0 N–H and O–H groups in total. The zero-order valence-corrected chi connectivity index (χ0v) is 9.07. The highest BCUT2D eigenvalue weighted by Gasteiger charge is 2.29. The molecular weight excluding hydrogens is 132 g/mol. The second-order valence-electron chi connectivity index (χ2n) is 4.44. The van der Waals surface area contributed by atoms with E-state index < -0.39 is 0 Å². The molecule has 2 unspecified atom stereocenters. The van der Waals surface area contributed by atoms with Crippen molar-refractivity contribution in [3.05, 3.63) is 0 Å². The molecule has 11 heavy (non-hydrogen) atoms. The average Bonchev–Trinajstić information content (AvgIpc) is 2.01. The van der Waals surface area contributed by atoms with Crippen molar-refractivity contribution in [1.29, 1.82) is 0 Å². The summed E-state index contributed by atoms with van der Waals surface area (Å²) in [5.41, 5.74) is 0.517. The van der Waals surface area contributed by atoms with E-state index in [-0.39, 0.29) is 0 Å².